The van der Waals surface area contributed by atoms with E-state index in [1.165, 1.54) is 0 Å². The zero-order chi connectivity index (χ0) is 8.55. The van der Waals surface area contributed by atoms with Crippen molar-refractivity contribution in [3.8, 4) is 0 Å². The summed E-state index contributed by atoms with van der Waals surface area (Å²) >= 11 is 0. The Morgan fingerprint density at radius 2 is 2.50 bits per heavy atom. The summed E-state index contributed by atoms with van der Waals surface area (Å²) in [5.41, 5.74) is 0.989. The number of hydrogen-bond acceptors (Lipinski definition) is 3. The molecule has 2 rings (SSSR count). The highest BCUT2D eigenvalue weighted by molar-refractivity contribution is 6.29. The van der Waals surface area contributed by atoms with E-state index >= 15 is 0 Å². The fraction of sp³-hybridized carbons (Fsp3) is 0.714. The van der Waals surface area contributed by atoms with E-state index in [1.807, 2.05) is 19.5 Å². The highest BCUT2D eigenvalue weighted by atomic mass is 16.5. The molecular formula is C7H12BN3O. The van der Waals surface area contributed by atoms with E-state index in [0.717, 1.165) is 31.2 Å². The molecule has 1 aromatic heterocycles. The maximum Gasteiger partial charge on any atom is 0.188 e. The SMILES string of the molecule is Bc1nc(C)nn1C1CCOC1. The molecule has 2 heterocycles. The minimum absolute atomic E-state index is 0.409. The third kappa shape index (κ3) is 1.24. The molecule has 1 aliphatic heterocycles. The molecule has 1 aromatic rings. The van der Waals surface area contributed by atoms with E-state index in [-0.39, 0.29) is 0 Å². The van der Waals surface area contributed by atoms with Crippen molar-refractivity contribution in [3.63, 3.8) is 0 Å². The number of nitrogens with zero attached hydrogens (tertiary/aromatic N) is 3. The third-order valence-electron chi connectivity index (χ3n) is 2.16. The van der Waals surface area contributed by atoms with Crippen LogP contribution in [0.4, 0.5) is 0 Å². The Hall–Kier alpha value is -0.835. The zero-order valence-electron chi connectivity index (χ0n) is 7.45. The number of aryl methyl sites for hydroxylation is 1. The molecule has 0 aromatic carbocycles. The average Bonchev–Trinajstić information content (AvgIpc) is 2.58. The molecule has 0 radical (unpaired) electrons. The molecule has 0 N–H and O–H groups in total. The molecule has 0 bridgehead atoms. The molecule has 0 saturated carbocycles. The van der Waals surface area contributed by atoms with Gasteiger partial charge in [0.2, 0.25) is 0 Å². The van der Waals surface area contributed by atoms with Gasteiger partial charge in [0.05, 0.1) is 18.4 Å². The molecule has 1 fully saturated rings. The van der Waals surface area contributed by atoms with Crippen molar-refractivity contribution in [2.75, 3.05) is 13.2 Å². The van der Waals surface area contributed by atoms with Crippen molar-refractivity contribution in [2.24, 2.45) is 0 Å². The van der Waals surface area contributed by atoms with E-state index in [9.17, 15) is 0 Å². The molecule has 5 heteroatoms. The Bertz CT molecular complexity index is 280. The second kappa shape index (κ2) is 2.90. The van der Waals surface area contributed by atoms with Gasteiger partial charge in [0.1, 0.15) is 5.82 Å². The monoisotopic (exact) mass is 165 g/mol. The van der Waals surface area contributed by atoms with E-state index in [2.05, 4.69) is 10.1 Å². The summed E-state index contributed by atoms with van der Waals surface area (Å²) in [6, 6.07) is 0.409. The molecule has 64 valence electrons. The first kappa shape index (κ1) is 7.80. The summed E-state index contributed by atoms with van der Waals surface area (Å²) in [6.07, 6.45) is 1.06. The molecule has 1 unspecified atom stereocenters. The Morgan fingerprint density at radius 1 is 1.67 bits per heavy atom. The van der Waals surface area contributed by atoms with Gasteiger partial charge in [0, 0.05) is 6.61 Å². The lowest BCUT2D eigenvalue weighted by molar-refractivity contribution is 0.185. The number of aromatic nitrogens is 3. The van der Waals surface area contributed by atoms with Gasteiger partial charge in [-0.3, -0.25) is 4.68 Å². The molecule has 4 nitrogen and oxygen atoms in total. The summed E-state index contributed by atoms with van der Waals surface area (Å²) in [6.45, 7) is 3.55. The van der Waals surface area contributed by atoms with Crippen molar-refractivity contribution in [1.29, 1.82) is 0 Å². The molecule has 12 heavy (non-hydrogen) atoms. The lowest BCUT2D eigenvalue weighted by Gasteiger charge is -2.08. The maximum absolute atomic E-state index is 5.29. The number of hydrogen-bond donors (Lipinski definition) is 0. The van der Waals surface area contributed by atoms with Gasteiger partial charge >= 0.3 is 0 Å². The van der Waals surface area contributed by atoms with Gasteiger partial charge in [-0.2, -0.15) is 5.10 Å². The fourth-order valence-corrected chi connectivity index (χ4v) is 1.60. The van der Waals surface area contributed by atoms with Crippen molar-refractivity contribution in [3.05, 3.63) is 5.82 Å². The first-order valence-corrected chi connectivity index (χ1v) is 4.25. The minimum Gasteiger partial charge on any atom is -0.379 e. The van der Waals surface area contributed by atoms with Crippen molar-refractivity contribution >= 4 is 13.6 Å². The molecule has 1 atom stereocenters. The van der Waals surface area contributed by atoms with Crippen molar-refractivity contribution in [2.45, 2.75) is 19.4 Å². The molecule has 0 aliphatic carbocycles. The standard InChI is InChI=1S/C7H12BN3O/c1-5-9-7(8)11(10-5)6-2-3-12-4-6/h6H,2-4,8H2,1H3. The van der Waals surface area contributed by atoms with Gasteiger partial charge in [-0.15, -0.1) is 0 Å². The third-order valence-corrected chi connectivity index (χ3v) is 2.16. The van der Waals surface area contributed by atoms with Crippen molar-refractivity contribution in [1.82, 2.24) is 14.8 Å². The van der Waals surface area contributed by atoms with Crippen LogP contribution in [0.1, 0.15) is 18.3 Å². The van der Waals surface area contributed by atoms with Crippen LogP contribution in [0.15, 0.2) is 0 Å². The van der Waals surface area contributed by atoms with Crippen LogP contribution in [0.3, 0.4) is 0 Å². The normalized spacial score (nSPS) is 23.2. The maximum atomic E-state index is 5.29. The topological polar surface area (TPSA) is 39.9 Å². The first-order chi connectivity index (χ1) is 5.77. The molecule has 1 saturated heterocycles. The van der Waals surface area contributed by atoms with Crippen LogP contribution in [0.2, 0.25) is 0 Å². The van der Waals surface area contributed by atoms with Gasteiger partial charge in [-0.05, 0) is 13.3 Å². The molecule has 0 amide bonds. The Labute approximate surface area is 72.3 Å². The number of rotatable bonds is 1. The largest absolute Gasteiger partial charge is 0.379 e. The van der Waals surface area contributed by atoms with Gasteiger partial charge in [-0.25, -0.2) is 4.98 Å². The summed E-state index contributed by atoms with van der Waals surface area (Å²) < 4.78 is 7.26. The van der Waals surface area contributed by atoms with Crippen LogP contribution >= 0.6 is 0 Å². The summed E-state index contributed by atoms with van der Waals surface area (Å²) in [5, 5.41) is 4.32. The lowest BCUT2D eigenvalue weighted by Crippen LogP contribution is -2.25. The van der Waals surface area contributed by atoms with Crippen LogP contribution in [-0.4, -0.2) is 35.8 Å². The van der Waals surface area contributed by atoms with Crippen LogP contribution in [0.25, 0.3) is 0 Å². The van der Waals surface area contributed by atoms with E-state index in [0.29, 0.717) is 6.04 Å². The van der Waals surface area contributed by atoms with Crippen LogP contribution in [0.5, 0.6) is 0 Å². The van der Waals surface area contributed by atoms with Crippen LogP contribution in [-0.2, 0) is 4.74 Å². The predicted octanol–water partition coefficient (Wildman–Crippen LogP) is -1.19. The molecule has 0 spiro atoms. The van der Waals surface area contributed by atoms with Gasteiger partial charge in [0.25, 0.3) is 0 Å². The average molecular weight is 165 g/mol. The molecule has 1 aliphatic rings. The van der Waals surface area contributed by atoms with E-state index < -0.39 is 0 Å². The lowest BCUT2D eigenvalue weighted by atomic mass is 10.1. The highest BCUT2D eigenvalue weighted by Crippen LogP contribution is 2.15. The van der Waals surface area contributed by atoms with Crippen LogP contribution < -0.4 is 5.72 Å². The Morgan fingerprint density at radius 3 is 3.00 bits per heavy atom. The predicted molar refractivity (Wildman–Crippen MR) is 47.4 cm³/mol. The second-order valence-electron chi connectivity index (χ2n) is 3.17. The summed E-state index contributed by atoms with van der Waals surface area (Å²) in [7, 11) is 1.98. The Kier molecular flexibility index (Phi) is 1.88. The summed E-state index contributed by atoms with van der Waals surface area (Å²) in [4.78, 5) is 4.25. The van der Waals surface area contributed by atoms with Gasteiger partial charge in [0.15, 0.2) is 7.85 Å². The number of ether oxygens (including phenoxy) is 1. The van der Waals surface area contributed by atoms with E-state index in [1.54, 1.807) is 0 Å². The van der Waals surface area contributed by atoms with Gasteiger partial charge < -0.3 is 4.74 Å². The van der Waals surface area contributed by atoms with Crippen LogP contribution in [0, 0.1) is 6.92 Å². The Balaban J connectivity index is 2.25. The smallest absolute Gasteiger partial charge is 0.188 e. The van der Waals surface area contributed by atoms with E-state index in [4.69, 9.17) is 4.74 Å². The fourth-order valence-electron chi connectivity index (χ4n) is 1.60. The second-order valence-corrected chi connectivity index (χ2v) is 3.17. The highest BCUT2D eigenvalue weighted by Gasteiger charge is 2.19. The van der Waals surface area contributed by atoms with Crippen molar-refractivity contribution < 1.29 is 4.74 Å². The van der Waals surface area contributed by atoms with Gasteiger partial charge in [-0.1, -0.05) is 0 Å². The summed E-state index contributed by atoms with van der Waals surface area (Å²) in [5.74, 6) is 0.847. The zero-order valence-corrected chi connectivity index (χ0v) is 7.45. The molecular weight excluding hydrogens is 153 g/mol. The quantitative estimate of drug-likeness (QED) is 0.491. The minimum atomic E-state index is 0.409. The first-order valence-electron chi connectivity index (χ1n) is 4.25.